The van der Waals surface area contributed by atoms with Crippen molar-refractivity contribution in [2.24, 2.45) is 0 Å². The van der Waals surface area contributed by atoms with E-state index in [1.807, 2.05) is 18.2 Å². The smallest absolute Gasteiger partial charge is 0.343 e. The zero-order chi connectivity index (χ0) is 26.3. The van der Waals surface area contributed by atoms with Gasteiger partial charge >= 0.3 is 5.97 Å². The fourth-order valence-electron chi connectivity index (χ4n) is 4.84. The lowest BCUT2D eigenvalue weighted by Crippen LogP contribution is -2.09. The Kier molecular flexibility index (Phi) is 8.59. The standard InChI is InChI=1S/C32H35FO5/c1-2-3-4-6-15-35-25-10-12-28-23(18-25)17-24-19-26(11-13-29(24)28)38-32(34)22-9-14-31(30(33)20-22)36-16-7-5-8-27-21-37-27/h9-14,18-20,27H,2-8,15-17,21H2,1H3. The maximum absolute atomic E-state index is 14.5. The Bertz CT molecular complexity index is 1270. The van der Waals surface area contributed by atoms with E-state index >= 15 is 0 Å². The van der Waals surface area contributed by atoms with E-state index in [0.29, 0.717) is 18.5 Å². The van der Waals surface area contributed by atoms with Gasteiger partial charge in [-0.25, -0.2) is 9.18 Å². The third kappa shape index (κ3) is 6.73. The van der Waals surface area contributed by atoms with Crippen LogP contribution in [0.3, 0.4) is 0 Å². The topological polar surface area (TPSA) is 57.3 Å². The van der Waals surface area contributed by atoms with Crippen LogP contribution >= 0.6 is 0 Å². The fourth-order valence-corrected chi connectivity index (χ4v) is 4.84. The summed E-state index contributed by atoms with van der Waals surface area (Å²) >= 11 is 0. The minimum absolute atomic E-state index is 0.142. The van der Waals surface area contributed by atoms with E-state index in [4.69, 9.17) is 18.9 Å². The second-order valence-electron chi connectivity index (χ2n) is 10.1. The number of unbranched alkanes of at least 4 members (excludes halogenated alkanes) is 4. The summed E-state index contributed by atoms with van der Waals surface area (Å²) in [5.74, 6) is 0.298. The molecule has 1 fully saturated rings. The van der Waals surface area contributed by atoms with Crippen molar-refractivity contribution in [3.05, 3.63) is 77.1 Å². The number of fused-ring (bicyclic) bond motifs is 3. The van der Waals surface area contributed by atoms with Crippen LogP contribution in [0.25, 0.3) is 11.1 Å². The summed E-state index contributed by atoms with van der Waals surface area (Å²) in [5.41, 5.74) is 4.74. The maximum atomic E-state index is 14.5. The Morgan fingerprint density at radius 3 is 2.32 bits per heavy atom. The summed E-state index contributed by atoms with van der Waals surface area (Å²) in [7, 11) is 0. The Morgan fingerprint density at radius 2 is 1.58 bits per heavy atom. The highest BCUT2D eigenvalue weighted by atomic mass is 19.1. The number of carbonyl (C=O) groups is 1. The SMILES string of the molecule is CCCCCCOc1ccc2c(c1)Cc1cc(OC(=O)c3ccc(OCCCCC4CO4)c(F)c3)ccc1-2. The van der Waals surface area contributed by atoms with Crippen molar-refractivity contribution in [3.63, 3.8) is 0 Å². The van der Waals surface area contributed by atoms with E-state index < -0.39 is 11.8 Å². The summed E-state index contributed by atoms with van der Waals surface area (Å²) < 4.78 is 36.8. The fraction of sp³-hybridized carbons (Fsp3) is 0.406. The molecule has 2 aliphatic rings. The minimum atomic E-state index is -0.603. The lowest BCUT2D eigenvalue weighted by molar-refractivity contribution is 0.0734. The number of ether oxygens (including phenoxy) is 4. The van der Waals surface area contributed by atoms with Gasteiger partial charge in [-0.1, -0.05) is 38.3 Å². The van der Waals surface area contributed by atoms with Crippen LogP contribution < -0.4 is 14.2 Å². The molecule has 0 aromatic heterocycles. The predicted molar refractivity (Wildman–Crippen MR) is 145 cm³/mol. The lowest BCUT2D eigenvalue weighted by Gasteiger charge is -2.10. The van der Waals surface area contributed by atoms with Crippen LogP contribution in [0, 0.1) is 5.82 Å². The molecule has 0 amide bonds. The number of esters is 1. The molecular formula is C32H35FO5. The van der Waals surface area contributed by atoms with Crippen LogP contribution in [0.1, 0.15) is 73.4 Å². The first-order valence-corrected chi connectivity index (χ1v) is 13.8. The number of hydrogen-bond acceptors (Lipinski definition) is 5. The molecule has 1 saturated heterocycles. The average Bonchev–Trinajstić information content (AvgIpc) is 3.67. The molecule has 5 rings (SSSR count). The van der Waals surface area contributed by atoms with Crippen molar-refractivity contribution in [2.75, 3.05) is 19.8 Å². The van der Waals surface area contributed by atoms with Crippen molar-refractivity contribution in [1.29, 1.82) is 0 Å². The Hall–Kier alpha value is -3.38. The van der Waals surface area contributed by atoms with Crippen LogP contribution in [0.15, 0.2) is 54.6 Å². The normalized spacial score (nSPS) is 15.1. The van der Waals surface area contributed by atoms with Gasteiger partial charge in [0, 0.05) is 0 Å². The first kappa shape index (κ1) is 26.2. The number of benzene rings is 3. The second kappa shape index (κ2) is 12.4. The van der Waals surface area contributed by atoms with Gasteiger partial charge in [-0.05, 0) is 96.8 Å². The molecule has 3 aromatic rings. The molecule has 3 aromatic carbocycles. The number of rotatable bonds is 14. The zero-order valence-corrected chi connectivity index (χ0v) is 22.0. The molecule has 1 aliphatic heterocycles. The summed E-state index contributed by atoms with van der Waals surface area (Å²) in [6, 6.07) is 16.1. The first-order valence-electron chi connectivity index (χ1n) is 13.8. The molecule has 0 saturated carbocycles. The molecule has 1 atom stereocenters. The molecule has 0 spiro atoms. The molecule has 1 aliphatic carbocycles. The predicted octanol–water partition coefficient (Wildman–Crippen LogP) is 7.52. The van der Waals surface area contributed by atoms with E-state index in [1.165, 1.54) is 48.6 Å². The van der Waals surface area contributed by atoms with Gasteiger partial charge in [0.1, 0.15) is 11.5 Å². The summed E-state index contributed by atoms with van der Waals surface area (Å²) in [6.07, 6.45) is 8.68. The van der Waals surface area contributed by atoms with Crippen LogP contribution in [0.5, 0.6) is 17.2 Å². The third-order valence-electron chi connectivity index (χ3n) is 7.05. The van der Waals surface area contributed by atoms with Gasteiger partial charge in [-0.2, -0.15) is 0 Å². The Morgan fingerprint density at radius 1 is 0.868 bits per heavy atom. The molecule has 38 heavy (non-hydrogen) atoms. The average molecular weight is 519 g/mol. The van der Waals surface area contributed by atoms with Crippen molar-refractivity contribution in [2.45, 2.75) is 64.4 Å². The van der Waals surface area contributed by atoms with Crippen LogP contribution in [-0.4, -0.2) is 31.9 Å². The molecule has 200 valence electrons. The molecular weight excluding hydrogens is 483 g/mol. The van der Waals surface area contributed by atoms with Gasteiger partial charge in [-0.15, -0.1) is 0 Å². The largest absolute Gasteiger partial charge is 0.494 e. The van der Waals surface area contributed by atoms with Crippen molar-refractivity contribution >= 4 is 5.97 Å². The van der Waals surface area contributed by atoms with Gasteiger partial charge in [0.15, 0.2) is 11.6 Å². The summed E-state index contributed by atoms with van der Waals surface area (Å²) in [6.45, 7) is 4.21. The van der Waals surface area contributed by atoms with Gasteiger partial charge in [0.25, 0.3) is 0 Å². The van der Waals surface area contributed by atoms with Gasteiger partial charge in [-0.3, -0.25) is 0 Å². The monoisotopic (exact) mass is 518 g/mol. The van der Waals surface area contributed by atoms with Crippen molar-refractivity contribution < 1.29 is 28.1 Å². The molecule has 0 radical (unpaired) electrons. The minimum Gasteiger partial charge on any atom is -0.494 e. The molecule has 6 heteroatoms. The second-order valence-corrected chi connectivity index (χ2v) is 10.1. The number of halogens is 1. The molecule has 1 heterocycles. The van der Waals surface area contributed by atoms with Crippen LogP contribution in [-0.2, 0) is 11.2 Å². The van der Waals surface area contributed by atoms with Gasteiger partial charge < -0.3 is 18.9 Å². The molecule has 5 nitrogen and oxygen atoms in total. The summed E-state index contributed by atoms with van der Waals surface area (Å²) in [5, 5.41) is 0. The van der Waals surface area contributed by atoms with Gasteiger partial charge in [0.05, 0.1) is 31.5 Å². The molecule has 0 bridgehead atoms. The molecule has 1 unspecified atom stereocenters. The Balaban J connectivity index is 1.14. The van der Waals surface area contributed by atoms with E-state index in [2.05, 4.69) is 19.1 Å². The number of epoxide rings is 1. The van der Waals surface area contributed by atoms with Crippen molar-refractivity contribution in [1.82, 2.24) is 0 Å². The van der Waals surface area contributed by atoms with Crippen molar-refractivity contribution in [3.8, 4) is 28.4 Å². The zero-order valence-electron chi connectivity index (χ0n) is 22.0. The van der Waals surface area contributed by atoms with E-state index in [9.17, 15) is 9.18 Å². The van der Waals surface area contributed by atoms with E-state index in [1.54, 1.807) is 6.07 Å². The maximum Gasteiger partial charge on any atom is 0.343 e. The van der Waals surface area contributed by atoms with Crippen LogP contribution in [0.2, 0.25) is 0 Å². The summed E-state index contributed by atoms with van der Waals surface area (Å²) in [4.78, 5) is 12.7. The number of hydrogen-bond donors (Lipinski definition) is 0. The number of carbonyl (C=O) groups excluding carboxylic acids is 1. The van der Waals surface area contributed by atoms with E-state index in [0.717, 1.165) is 62.2 Å². The molecule has 0 N–H and O–H groups in total. The lowest BCUT2D eigenvalue weighted by atomic mass is 10.1. The Labute approximate surface area is 223 Å². The first-order chi connectivity index (χ1) is 18.6. The van der Waals surface area contributed by atoms with Crippen LogP contribution in [0.4, 0.5) is 4.39 Å². The third-order valence-corrected chi connectivity index (χ3v) is 7.05. The highest BCUT2D eigenvalue weighted by Gasteiger charge is 2.22. The quantitative estimate of drug-likeness (QED) is 0.0748. The highest BCUT2D eigenvalue weighted by Crippen LogP contribution is 2.40. The van der Waals surface area contributed by atoms with E-state index in [-0.39, 0.29) is 11.3 Å². The highest BCUT2D eigenvalue weighted by molar-refractivity contribution is 5.91. The van der Waals surface area contributed by atoms with Gasteiger partial charge in [0.2, 0.25) is 0 Å².